The van der Waals surface area contributed by atoms with Gasteiger partial charge in [-0.2, -0.15) is 0 Å². The first-order valence-corrected chi connectivity index (χ1v) is 6.46. The molecule has 0 amide bonds. The molecule has 0 saturated carbocycles. The van der Waals surface area contributed by atoms with Gasteiger partial charge in [-0.15, -0.1) is 11.6 Å². The Balaban J connectivity index is 4.14. The Labute approximate surface area is 83.7 Å². The summed E-state index contributed by atoms with van der Waals surface area (Å²) < 4.78 is 21.6. The molecule has 0 heterocycles. The van der Waals surface area contributed by atoms with E-state index in [1.807, 2.05) is 0 Å². The Morgan fingerprint density at radius 1 is 1.38 bits per heavy atom. The van der Waals surface area contributed by atoms with Crippen molar-refractivity contribution in [2.45, 2.75) is 20.0 Å². The zero-order valence-corrected chi connectivity index (χ0v) is 9.55. The van der Waals surface area contributed by atoms with Crippen LogP contribution < -0.4 is 0 Å². The molecule has 6 heteroatoms. The van der Waals surface area contributed by atoms with Crippen LogP contribution in [0.4, 0.5) is 0 Å². The Hall–Kier alpha value is 0.400. The Bertz CT molecular complexity index is 166. The van der Waals surface area contributed by atoms with E-state index in [-0.39, 0.29) is 12.0 Å². The molecule has 0 saturated heterocycles. The SMILES string of the molecule is CCOP(=O)(C[C@@H](O)CCl)OCC. The van der Waals surface area contributed by atoms with Gasteiger partial charge in [0.05, 0.1) is 25.5 Å². The van der Waals surface area contributed by atoms with E-state index in [1.165, 1.54) is 0 Å². The summed E-state index contributed by atoms with van der Waals surface area (Å²) in [6, 6.07) is 0. The maximum absolute atomic E-state index is 11.7. The summed E-state index contributed by atoms with van der Waals surface area (Å²) in [5, 5.41) is 9.18. The summed E-state index contributed by atoms with van der Waals surface area (Å²) in [5.74, 6) is 0.0319. The second-order valence-electron chi connectivity index (χ2n) is 2.44. The second kappa shape index (κ2) is 6.80. The van der Waals surface area contributed by atoms with Crippen LogP contribution in [0.5, 0.6) is 0 Å². The predicted octanol–water partition coefficient (Wildman–Crippen LogP) is 1.85. The van der Waals surface area contributed by atoms with Crippen LogP contribution in [0.15, 0.2) is 0 Å². The van der Waals surface area contributed by atoms with Gasteiger partial charge in [-0.05, 0) is 13.8 Å². The normalized spacial score (nSPS) is 14.5. The minimum atomic E-state index is -3.13. The molecule has 0 bridgehead atoms. The fourth-order valence-electron chi connectivity index (χ4n) is 0.843. The monoisotopic (exact) mass is 230 g/mol. The average molecular weight is 231 g/mol. The van der Waals surface area contributed by atoms with Crippen molar-refractivity contribution >= 4 is 19.2 Å². The van der Waals surface area contributed by atoms with Crippen LogP contribution in [0, 0.1) is 0 Å². The van der Waals surface area contributed by atoms with E-state index in [0.29, 0.717) is 13.2 Å². The molecule has 0 aromatic heterocycles. The minimum absolute atomic E-state index is 0.0319. The van der Waals surface area contributed by atoms with Crippen LogP contribution in [0.25, 0.3) is 0 Å². The van der Waals surface area contributed by atoms with E-state index < -0.39 is 13.7 Å². The van der Waals surface area contributed by atoms with Gasteiger partial charge >= 0.3 is 7.60 Å². The molecule has 1 N–H and O–H groups in total. The number of rotatable bonds is 7. The van der Waals surface area contributed by atoms with Crippen LogP contribution >= 0.6 is 19.2 Å². The summed E-state index contributed by atoms with van der Waals surface area (Å²) in [7, 11) is -3.13. The maximum Gasteiger partial charge on any atom is 0.333 e. The Morgan fingerprint density at radius 2 is 1.85 bits per heavy atom. The van der Waals surface area contributed by atoms with Crippen LogP contribution in [0.1, 0.15) is 13.8 Å². The average Bonchev–Trinajstić information content (AvgIpc) is 2.04. The molecule has 0 rings (SSSR count). The molecule has 0 aliphatic heterocycles. The van der Waals surface area contributed by atoms with Crippen LogP contribution in [-0.2, 0) is 13.6 Å². The van der Waals surface area contributed by atoms with Gasteiger partial charge in [0.15, 0.2) is 0 Å². The van der Waals surface area contributed by atoms with Gasteiger partial charge in [-0.1, -0.05) is 0 Å². The molecular weight excluding hydrogens is 214 g/mol. The summed E-state index contributed by atoms with van der Waals surface area (Å²) in [4.78, 5) is 0. The fourth-order valence-corrected chi connectivity index (χ4v) is 2.82. The molecule has 0 aromatic rings. The molecule has 80 valence electrons. The highest BCUT2D eigenvalue weighted by Crippen LogP contribution is 2.48. The van der Waals surface area contributed by atoms with Crippen molar-refractivity contribution in [2.75, 3.05) is 25.3 Å². The molecule has 0 aliphatic carbocycles. The largest absolute Gasteiger partial charge is 0.391 e. The fraction of sp³-hybridized carbons (Fsp3) is 1.00. The molecule has 13 heavy (non-hydrogen) atoms. The van der Waals surface area contributed by atoms with Crippen LogP contribution in [0.3, 0.4) is 0 Å². The van der Waals surface area contributed by atoms with Crippen molar-refractivity contribution < 1.29 is 18.7 Å². The van der Waals surface area contributed by atoms with Crippen molar-refractivity contribution in [3.63, 3.8) is 0 Å². The topological polar surface area (TPSA) is 55.8 Å². The molecule has 0 spiro atoms. The molecular formula is C7H16ClO4P. The van der Waals surface area contributed by atoms with E-state index in [1.54, 1.807) is 13.8 Å². The van der Waals surface area contributed by atoms with E-state index in [2.05, 4.69) is 0 Å². The first-order valence-electron chi connectivity index (χ1n) is 4.20. The lowest BCUT2D eigenvalue weighted by Crippen LogP contribution is -2.16. The van der Waals surface area contributed by atoms with Crippen molar-refractivity contribution in [1.82, 2.24) is 0 Å². The first-order chi connectivity index (χ1) is 6.08. The van der Waals surface area contributed by atoms with Gasteiger partial charge in [0.2, 0.25) is 0 Å². The number of hydrogen-bond donors (Lipinski definition) is 1. The van der Waals surface area contributed by atoms with E-state index >= 15 is 0 Å². The molecule has 0 radical (unpaired) electrons. The summed E-state index contributed by atoms with van der Waals surface area (Å²) in [5.41, 5.74) is 0. The quantitative estimate of drug-likeness (QED) is 0.536. The van der Waals surface area contributed by atoms with Gasteiger partial charge < -0.3 is 14.2 Å². The van der Waals surface area contributed by atoms with E-state index in [9.17, 15) is 9.67 Å². The van der Waals surface area contributed by atoms with E-state index in [4.69, 9.17) is 20.6 Å². The van der Waals surface area contributed by atoms with Gasteiger partial charge in [0, 0.05) is 5.88 Å². The lowest BCUT2D eigenvalue weighted by Gasteiger charge is -2.18. The molecule has 0 aromatic carbocycles. The van der Waals surface area contributed by atoms with Gasteiger partial charge in [-0.3, -0.25) is 4.57 Å². The number of aliphatic hydroxyl groups excluding tert-OH is 1. The number of hydrogen-bond acceptors (Lipinski definition) is 4. The van der Waals surface area contributed by atoms with Crippen molar-refractivity contribution in [3.8, 4) is 0 Å². The molecule has 1 atom stereocenters. The molecule has 0 unspecified atom stereocenters. The second-order valence-corrected chi connectivity index (χ2v) is 4.85. The highest BCUT2D eigenvalue weighted by molar-refractivity contribution is 7.53. The lowest BCUT2D eigenvalue weighted by molar-refractivity contribution is 0.182. The minimum Gasteiger partial charge on any atom is -0.391 e. The van der Waals surface area contributed by atoms with E-state index in [0.717, 1.165) is 0 Å². The van der Waals surface area contributed by atoms with Gasteiger partial charge in [-0.25, -0.2) is 0 Å². The predicted molar refractivity (Wildman–Crippen MR) is 52.5 cm³/mol. The number of aliphatic hydroxyl groups is 1. The number of alkyl halides is 1. The lowest BCUT2D eigenvalue weighted by atomic mass is 10.5. The summed E-state index contributed by atoms with van der Waals surface area (Å²) in [6.07, 6.45) is -0.886. The third-order valence-electron chi connectivity index (χ3n) is 1.26. The first kappa shape index (κ1) is 13.4. The van der Waals surface area contributed by atoms with Gasteiger partial charge in [0.1, 0.15) is 0 Å². The van der Waals surface area contributed by atoms with Crippen molar-refractivity contribution in [1.29, 1.82) is 0 Å². The highest BCUT2D eigenvalue weighted by atomic mass is 35.5. The highest BCUT2D eigenvalue weighted by Gasteiger charge is 2.26. The van der Waals surface area contributed by atoms with Crippen LogP contribution in [-0.4, -0.2) is 36.5 Å². The molecule has 4 nitrogen and oxygen atoms in total. The standard InChI is InChI=1S/C7H16ClO4P/c1-3-11-13(10,12-4-2)6-7(9)5-8/h7,9H,3-6H2,1-2H3/t7-/m0/s1. The zero-order chi connectivity index (χ0) is 10.3. The Kier molecular flexibility index (Phi) is 7.00. The summed E-state index contributed by atoms with van der Waals surface area (Å²) in [6.45, 7) is 4.04. The Morgan fingerprint density at radius 3 is 2.15 bits per heavy atom. The third-order valence-corrected chi connectivity index (χ3v) is 3.79. The molecule has 0 aliphatic rings. The summed E-state index contributed by atoms with van der Waals surface area (Å²) >= 11 is 5.38. The number of halogens is 1. The zero-order valence-electron chi connectivity index (χ0n) is 7.90. The molecule has 0 fully saturated rings. The third kappa shape index (κ3) is 5.66. The van der Waals surface area contributed by atoms with Crippen LogP contribution in [0.2, 0.25) is 0 Å². The van der Waals surface area contributed by atoms with Crippen molar-refractivity contribution in [2.24, 2.45) is 0 Å². The smallest absolute Gasteiger partial charge is 0.333 e. The maximum atomic E-state index is 11.7. The van der Waals surface area contributed by atoms with Gasteiger partial charge in [0.25, 0.3) is 0 Å². The van der Waals surface area contributed by atoms with Crippen molar-refractivity contribution in [3.05, 3.63) is 0 Å².